The molecular weight excluding hydrogens is 312 g/mol. The van der Waals surface area contributed by atoms with E-state index in [2.05, 4.69) is 17.4 Å². The normalized spacial score (nSPS) is 19.2. The highest BCUT2D eigenvalue weighted by Crippen LogP contribution is 2.33. The summed E-state index contributed by atoms with van der Waals surface area (Å²) >= 11 is 0. The van der Waals surface area contributed by atoms with Crippen molar-refractivity contribution >= 4 is 23.2 Å². The van der Waals surface area contributed by atoms with Crippen LogP contribution in [-0.4, -0.2) is 18.9 Å². The summed E-state index contributed by atoms with van der Waals surface area (Å²) in [4.78, 5) is 26.3. The molecule has 2 aromatic carbocycles. The second-order valence-electron chi connectivity index (χ2n) is 6.93. The zero-order valence-electron chi connectivity index (χ0n) is 14.4. The van der Waals surface area contributed by atoms with Gasteiger partial charge in [-0.15, -0.1) is 0 Å². The maximum Gasteiger partial charge on any atom is 0.231 e. The molecule has 4 heteroatoms. The van der Waals surface area contributed by atoms with Crippen LogP contribution in [0.3, 0.4) is 0 Å². The number of nitrogens with one attached hydrogen (secondary N) is 1. The third kappa shape index (κ3) is 2.93. The van der Waals surface area contributed by atoms with E-state index < -0.39 is 0 Å². The van der Waals surface area contributed by atoms with E-state index in [1.165, 1.54) is 5.56 Å². The van der Waals surface area contributed by atoms with Crippen molar-refractivity contribution in [3.63, 3.8) is 0 Å². The van der Waals surface area contributed by atoms with Crippen LogP contribution in [0, 0.1) is 0 Å². The Labute approximate surface area is 147 Å². The molecule has 0 aromatic heterocycles. The molecule has 2 amide bonds. The van der Waals surface area contributed by atoms with E-state index in [4.69, 9.17) is 0 Å². The summed E-state index contributed by atoms with van der Waals surface area (Å²) in [5, 5.41) is 3.09. The molecule has 0 saturated carbocycles. The fourth-order valence-electron chi connectivity index (χ4n) is 3.99. The zero-order valence-corrected chi connectivity index (χ0v) is 14.4. The smallest absolute Gasteiger partial charge is 0.231 e. The third-order valence-electron chi connectivity index (χ3n) is 5.38. The lowest BCUT2D eigenvalue weighted by Crippen LogP contribution is -2.31. The van der Waals surface area contributed by atoms with Gasteiger partial charge in [0, 0.05) is 24.8 Å². The van der Waals surface area contributed by atoms with Crippen molar-refractivity contribution in [2.45, 2.75) is 38.0 Å². The summed E-state index contributed by atoms with van der Waals surface area (Å²) in [5.74, 6) is 0.126. The van der Waals surface area contributed by atoms with Gasteiger partial charge in [-0.1, -0.05) is 24.3 Å². The van der Waals surface area contributed by atoms with Crippen molar-refractivity contribution < 1.29 is 9.59 Å². The number of aryl methyl sites for hydroxylation is 2. The van der Waals surface area contributed by atoms with Crippen molar-refractivity contribution in [2.24, 2.45) is 0 Å². The van der Waals surface area contributed by atoms with E-state index in [0.717, 1.165) is 48.2 Å². The van der Waals surface area contributed by atoms with Gasteiger partial charge in [-0.05, 0) is 60.6 Å². The lowest BCUT2D eigenvalue weighted by atomic mass is 9.82. The molecule has 128 valence electrons. The third-order valence-corrected chi connectivity index (χ3v) is 5.38. The Hall–Kier alpha value is -2.62. The minimum absolute atomic E-state index is 0.0624. The van der Waals surface area contributed by atoms with E-state index in [1.807, 2.05) is 30.3 Å². The van der Waals surface area contributed by atoms with Crippen LogP contribution in [0.1, 0.15) is 41.9 Å². The van der Waals surface area contributed by atoms with Gasteiger partial charge in [-0.25, -0.2) is 0 Å². The number of hydrogen-bond donors (Lipinski definition) is 1. The molecule has 2 aliphatic rings. The lowest BCUT2D eigenvalue weighted by molar-refractivity contribution is -0.119. The van der Waals surface area contributed by atoms with Crippen molar-refractivity contribution in [2.75, 3.05) is 17.3 Å². The molecule has 0 bridgehead atoms. The van der Waals surface area contributed by atoms with Crippen LogP contribution >= 0.6 is 0 Å². The topological polar surface area (TPSA) is 49.4 Å². The molecular formula is C21H22N2O2. The number of rotatable bonds is 2. The van der Waals surface area contributed by atoms with Crippen LogP contribution in [0.2, 0.25) is 0 Å². The quantitative estimate of drug-likeness (QED) is 0.911. The maximum absolute atomic E-state index is 12.8. The number of carbonyl (C=O) groups is 2. The van der Waals surface area contributed by atoms with E-state index in [9.17, 15) is 9.59 Å². The molecule has 1 aliphatic heterocycles. The monoisotopic (exact) mass is 334 g/mol. The first-order chi connectivity index (χ1) is 12.1. The Morgan fingerprint density at radius 2 is 1.92 bits per heavy atom. The highest BCUT2D eigenvalue weighted by Gasteiger charge is 2.27. The Balaban J connectivity index is 1.55. The van der Waals surface area contributed by atoms with Crippen molar-refractivity contribution in [1.82, 2.24) is 0 Å². The maximum atomic E-state index is 12.8. The van der Waals surface area contributed by atoms with E-state index >= 15 is 0 Å². The zero-order chi connectivity index (χ0) is 17.4. The largest absolute Gasteiger partial charge is 0.326 e. The Kier molecular flexibility index (Phi) is 4.04. The first kappa shape index (κ1) is 15.9. The molecule has 0 fully saturated rings. The standard InChI is InChI=1S/C21H22N2O2/c1-23-19-11-10-16(13-15(19)9-12-20(23)24)22-21(25)18-8-4-6-14-5-2-3-7-17(14)18/h2-3,5,7,10-11,13,18H,4,6,8-9,12H2,1H3,(H,22,25)/t18-/m1/s1. The second-order valence-corrected chi connectivity index (χ2v) is 6.93. The van der Waals surface area contributed by atoms with Gasteiger partial charge < -0.3 is 10.2 Å². The summed E-state index contributed by atoms with van der Waals surface area (Å²) in [6.07, 6.45) is 4.25. The SMILES string of the molecule is CN1C(=O)CCc2cc(NC(=O)[C@@H]3CCCc4ccccc43)ccc21. The summed E-state index contributed by atoms with van der Waals surface area (Å²) < 4.78 is 0. The van der Waals surface area contributed by atoms with Crippen LogP contribution in [0.15, 0.2) is 42.5 Å². The molecule has 0 unspecified atom stereocenters. The summed E-state index contributed by atoms with van der Waals surface area (Å²) in [6, 6.07) is 14.1. The molecule has 1 aliphatic carbocycles. The van der Waals surface area contributed by atoms with E-state index in [-0.39, 0.29) is 17.7 Å². The predicted molar refractivity (Wildman–Crippen MR) is 98.9 cm³/mol. The molecule has 1 N–H and O–H groups in total. The number of hydrogen-bond acceptors (Lipinski definition) is 2. The van der Waals surface area contributed by atoms with Gasteiger partial charge in [0.1, 0.15) is 0 Å². The molecule has 0 radical (unpaired) electrons. The number of benzene rings is 2. The molecule has 0 spiro atoms. The second kappa shape index (κ2) is 6.36. The number of anilines is 2. The van der Waals surface area contributed by atoms with E-state index in [0.29, 0.717) is 6.42 Å². The van der Waals surface area contributed by atoms with Crippen molar-refractivity contribution in [3.05, 3.63) is 59.2 Å². The van der Waals surface area contributed by atoms with Gasteiger partial charge in [0.25, 0.3) is 0 Å². The van der Waals surface area contributed by atoms with Gasteiger partial charge in [0.05, 0.1) is 5.92 Å². The Bertz CT molecular complexity index is 844. The van der Waals surface area contributed by atoms with E-state index in [1.54, 1.807) is 11.9 Å². The molecule has 2 aromatic rings. The average molecular weight is 334 g/mol. The van der Waals surface area contributed by atoms with Gasteiger partial charge in [0.15, 0.2) is 0 Å². The molecule has 4 rings (SSSR count). The first-order valence-corrected chi connectivity index (χ1v) is 8.91. The molecule has 25 heavy (non-hydrogen) atoms. The highest BCUT2D eigenvalue weighted by atomic mass is 16.2. The molecule has 0 saturated heterocycles. The van der Waals surface area contributed by atoms with Crippen LogP contribution in [0.4, 0.5) is 11.4 Å². The Morgan fingerprint density at radius 3 is 2.80 bits per heavy atom. The first-order valence-electron chi connectivity index (χ1n) is 8.91. The minimum atomic E-state index is -0.0785. The van der Waals surface area contributed by atoms with Gasteiger partial charge in [0.2, 0.25) is 11.8 Å². The summed E-state index contributed by atoms with van der Waals surface area (Å²) in [6.45, 7) is 0. The molecule has 1 heterocycles. The van der Waals surface area contributed by atoms with Gasteiger partial charge in [-0.3, -0.25) is 9.59 Å². The van der Waals surface area contributed by atoms with Crippen LogP contribution < -0.4 is 10.2 Å². The lowest BCUT2D eigenvalue weighted by Gasteiger charge is -2.27. The minimum Gasteiger partial charge on any atom is -0.326 e. The fraction of sp³-hybridized carbons (Fsp3) is 0.333. The highest BCUT2D eigenvalue weighted by molar-refractivity contribution is 5.98. The Morgan fingerprint density at radius 1 is 1.08 bits per heavy atom. The van der Waals surface area contributed by atoms with Gasteiger partial charge in [-0.2, -0.15) is 0 Å². The fourth-order valence-corrected chi connectivity index (χ4v) is 3.99. The molecule has 1 atom stereocenters. The van der Waals surface area contributed by atoms with Crippen LogP contribution in [-0.2, 0) is 22.4 Å². The average Bonchev–Trinajstić information content (AvgIpc) is 2.64. The number of amides is 2. The summed E-state index contributed by atoms with van der Waals surface area (Å²) in [5.41, 5.74) is 5.32. The molecule has 4 nitrogen and oxygen atoms in total. The predicted octanol–water partition coefficient (Wildman–Crippen LogP) is 3.65. The number of carbonyl (C=O) groups excluding carboxylic acids is 2. The van der Waals surface area contributed by atoms with Crippen LogP contribution in [0.5, 0.6) is 0 Å². The van der Waals surface area contributed by atoms with Crippen LogP contribution in [0.25, 0.3) is 0 Å². The number of nitrogens with zero attached hydrogens (tertiary/aromatic N) is 1. The van der Waals surface area contributed by atoms with Gasteiger partial charge >= 0.3 is 0 Å². The summed E-state index contributed by atoms with van der Waals surface area (Å²) in [7, 11) is 1.80. The van der Waals surface area contributed by atoms with Crippen molar-refractivity contribution in [1.29, 1.82) is 0 Å². The number of fused-ring (bicyclic) bond motifs is 2. The van der Waals surface area contributed by atoms with Crippen molar-refractivity contribution in [3.8, 4) is 0 Å².